The number of thioether (sulfide) groups is 1. The van der Waals surface area contributed by atoms with Gasteiger partial charge in [0.1, 0.15) is 0 Å². The van der Waals surface area contributed by atoms with E-state index in [2.05, 4.69) is 5.32 Å². The lowest BCUT2D eigenvalue weighted by Crippen LogP contribution is -2.20. The van der Waals surface area contributed by atoms with Crippen molar-refractivity contribution in [1.82, 2.24) is 0 Å². The summed E-state index contributed by atoms with van der Waals surface area (Å²) in [6, 6.07) is 3.78. The fourth-order valence-electron chi connectivity index (χ4n) is 2.18. The first-order chi connectivity index (χ1) is 9.58. The molecule has 1 fully saturated rings. The zero-order chi connectivity index (χ0) is 14.5. The number of carbonyl (C=O) groups is 1. The van der Waals surface area contributed by atoms with E-state index in [1.165, 1.54) is 18.2 Å². The van der Waals surface area contributed by atoms with Gasteiger partial charge >= 0.3 is 5.97 Å². The molecular formula is C13H16N2O4S. The molecule has 20 heavy (non-hydrogen) atoms. The molecular weight excluding hydrogens is 280 g/mol. The average Bonchev–Trinajstić information content (AvgIpc) is 2.45. The van der Waals surface area contributed by atoms with E-state index in [-0.39, 0.29) is 11.3 Å². The first-order valence-electron chi connectivity index (χ1n) is 6.41. The van der Waals surface area contributed by atoms with Gasteiger partial charge in [-0.2, -0.15) is 11.8 Å². The Kier molecular flexibility index (Phi) is 4.84. The lowest BCUT2D eigenvalue weighted by molar-refractivity contribution is -0.384. The van der Waals surface area contributed by atoms with Gasteiger partial charge in [-0.3, -0.25) is 10.1 Å². The third-order valence-electron chi connectivity index (χ3n) is 3.37. The highest BCUT2D eigenvalue weighted by Gasteiger charge is 2.18. The van der Waals surface area contributed by atoms with Gasteiger partial charge in [-0.1, -0.05) is 0 Å². The molecule has 0 atom stereocenters. The topological polar surface area (TPSA) is 92.5 Å². The smallest absolute Gasteiger partial charge is 0.337 e. The summed E-state index contributed by atoms with van der Waals surface area (Å²) in [6.45, 7) is 0.655. The number of non-ortho nitro benzene ring substituents is 1. The number of hydrogen-bond donors (Lipinski definition) is 2. The number of rotatable bonds is 5. The maximum Gasteiger partial charge on any atom is 0.337 e. The van der Waals surface area contributed by atoms with Crippen LogP contribution in [-0.4, -0.2) is 34.0 Å². The zero-order valence-electron chi connectivity index (χ0n) is 10.9. The van der Waals surface area contributed by atoms with E-state index < -0.39 is 10.9 Å². The summed E-state index contributed by atoms with van der Waals surface area (Å²) in [6.07, 6.45) is 2.18. The van der Waals surface area contributed by atoms with Gasteiger partial charge in [0.25, 0.3) is 5.69 Å². The van der Waals surface area contributed by atoms with Crippen molar-refractivity contribution in [2.75, 3.05) is 23.4 Å². The van der Waals surface area contributed by atoms with Crippen LogP contribution in [0.1, 0.15) is 23.2 Å². The molecule has 1 aliphatic rings. The van der Waals surface area contributed by atoms with Gasteiger partial charge in [-0.15, -0.1) is 0 Å². The minimum Gasteiger partial charge on any atom is -0.478 e. The number of benzene rings is 1. The van der Waals surface area contributed by atoms with Crippen molar-refractivity contribution in [3.8, 4) is 0 Å². The summed E-state index contributed by atoms with van der Waals surface area (Å²) in [7, 11) is 0. The first kappa shape index (κ1) is 14.6. The quantitative estimate of drug-likeness (QED) is 0.641. The van der Waals surface area contributed by atoms with Crippen LogP contribution in [-0.2, 0) is 0 Å². The number of nitrogens with zero attached hydrogens (tertiary/aromatic N) is 1. The Morgan fingerprint density at radius 2 is 2.15 bits per heavy atom. The molecule has 1 saturated heterocycles. The number of anilines is 1. The van der Waals surface area contributed by atoms with Crippen LogP contribution in [0.15, 0.2) is 18.2 Å². The number of carboxylic acid groups (broad SMARTS) is 1. The maximum atomic E-state index is 11.1. The molecule has 7 heteroatoms. The second-order valence-electron chi connectivity index (χ2n) is 4.73. The van der Waals surface area contributed by atoms with Gasteiger partial charge in [0.15, 0.2) is 0 Å². The molecule has 0 aromatic heterocycles. The van der Waals surface area contributed by atoms with Crippen LogP contribution in [0, 0.1) is 16.0 Å². The van der Waals surface area contributed by atoms with Crippen molar-refractivity contribution in [2.45, 2.75) is 12.8 Å². The largest absolute Gasteiger partial charge is 0.478 e. The normalized spacial score (nSPS) is 15.8. The highest BCUT2D eigenvalue weighted by molar-refractivity contribution is 7.99. The standard InChI is InChI=1S/C13H16N2O4S/c16-13(17)11-2-1-10(15(18)19)7-12(11)14-8-9-3-5-20-6-4-9/h1-2,7,9,14H,3-6,8H2,(H,16,17). The predicted molar refractivity (Wildman–Crippen MR) is 78.6 cm³/mol. The van der Waals surface area contributed by atoms with E-state index >= 15 is 0 Å². The van der Waals surface area contributed by atoms with Crippen molar-refractivity contribution in [2.24, 2.45) is 5.92 Å². The average molecular weight is 296 g/mol. The minimum atomic E-state index is -1.08. The Balaban J connectivity index is 2.12. The summed E-state index contributed by atoms with van der Waals surface area (Å²) in [5.74, 6) is 1.65. The number of nitrogens with one attached hydrogen (secondary N) is 1. The lowest BCUT2D eigenvalue weighted by Gasteiger charge is -2.22. The van der Waals surface area contributed by atoms with E-state index in [0.717, 1.165) is 24.3 Å². The molecule has 108 valence electrons. The molecule has 0 saturated carbocycles. The van der Waals surface area contributed by atoms with Gasteiger partial charge in [0, 0.05) is 18.7 Å². The molecule has 2 rings (SSSR count). The van der Waals surface area contributed by atoms with E-state index in [1.807, 2.05) is 11.8 Å². The highest BCUT2D eigenvalue weighted by atomic mass is 32.2. The van der Waals surface area contributed by atoms with Gasteiger partial charge in [-0.05, 0) is 36.3 Å². The van der Waals surface area contributed by atoms with E-state index in [0.29, 0.717) is 18.2 Å². The van der Waals surface area contributed by atoms with Gasteiger partial charge in [-0.25, -0.2) is 4.79 Å². The van der Waals surface area contributed by atoms with E-state index in [4.69, 9.17) is 5.11 Å². The molecule has 2 N–H and O–H groups in total. The number of nitro groups is 1. The summed E-state index contributed by atoms with van der Waals surface area (Å²) in [4.78, 5) is 21.4. The fraction of sp³-hybridized carbons (Fsp3) is 0.462. The number of carboxylic acids is 1. The molecule has 0 bridgehead atoms. The Morgan fingerprint density at radius 3 is 2.75 bits per heavy atom. The van der Waals surface area contributed by atoms with Crippen LogP contribution in [0.3, 0.4) is 0 Å². The van der Waals surface area contributed by atoms with Gasteiger partial charge < -0.3 is 10.4 Å². The molecule has 0 radical (unpaired) electrons. The van der Waals surface area contributed by atoms with E-state index in [1.54, 1.807) is 0 Å². The molecule has 1 heterocycles. The van der Waals surface area contributed by atoms with Crippen molar-refractivity contribution < 1.29 is 14.8 Å². The SMILES string of the molecule is O=C(O)c1ccc([N+](=O)[O-])cc1NCC1CCSCC1. The minimum absolute atomic E-state index is 0.0702. The monoisotopic (exact) mass is 296 g/mol. The summed E-state index contributed by atoms with van der Waals surface area (Å²) < 4.78 is 0. The molecule has 0 unspecified atom stereocenters. The molecule has 1 aromatic carbocycles. The zero-order valence-corrected chi connectivity index (χ0v) is 11.7. The Labute approximate surface area is 120 Å². The Hall–Kier alpha value is -1.76. The molecule has 0 spiro atoms. The molecule has 0 amide bonds. The Bertz CT molecular complexity index is 515. The van der Waals surface area contributed by atoms with Gasteiger partial charge in [0.05, 0.1) is 16.2 Å². The van der Waals surface area contributed by atoms with Crippen LogP contribution < -0.4 is 5.32 Å². The summed E-state index contributed by atoms with van der Waals surface area (Å²) >= 11 is 1.92. The van der Waals surface area contributed by atoms with E-state index in [9.17, 15) is 14.9 Å². The van der Waals surface area contributed by atoms with Crippen molar-refractivity contribution in [3.63, 3.8) is 0 Å². The van der Waals surface area contributed by atoms with Crippen LogP contribution in [0.5, 0.6) is 0 Å². The number of nitro benzene ring substituents is 1. The molecule has 0 aliphatic carbocycles. The van der Waals surface area contributed by atoms with Gasteiger partial charge in [0.2, 0.25) is 0 Å². The number of hydrogen-bond acceptors (Lipinski definition) is 5. The maximum absolute atomic E-state index is 11.1. The van der Waals surface area contributed by atoms with Crippen molar-refractivity contribution >= 4 is 29.1 Å². The summed E-state index contributed by atoms with van der Waals surface area (Å²) in [5, 5.41) is 23.0. The first-order valence-corrected chi connectivity index (χ1v) is 7.56. The molecule has 6 nitrogen and oxygen atoms in total. The van der Waals surface area contributed by atoms with Crippen molar-refractivity contribution in [3.05, 3.63) is 33.9 Å². The third-order valence-corrected chi connectivity index (χ3v) is 4.42. The fourth-order valence-corrected chi connectivity index (χ4v) is 3.39. The second-order valence-corrected chi connectivity index (χ2v) is 5.95. The highest BCUT2D eigenvalue weighted by Crippen LogP contribution is 2.26. The van der Waals surface area contributed by atoms with Crippen LogP contribution in [0.25, 0.3) is 0 Å². The summed E-state index contributed by atoms with van der Waals surface area (Å²) in [5.41, 5.74) is 0.294. The second kappa shape index (κ2) is 6.60. The molecule has 1 aromatic rings. The van der Waals surface area contributed by atoms with Crippen LogP contribution in [0.4, 0.5) is 11.4 Å². The Morgan fingerprint density at radius 1 is 1.45 bits per heavy atom. The van der Waals surface area contributed by atoms with Crippen LogP contribution in [0.2, 0.25) is 0 Å². The third kappa shape index (κ3) is 3.63. The van der Waals surface area contributed by atoms with Crippen LogP contribution >= 0.6 is 11.8 Å². The lowest BCUT2D eigenvalue weighted by atomic mass is 10.0. The predicted octanol–water partition coefficient (Wildman–Crippen LogP) is 2.85. The van der Waals surface area contributed by atoms with Crippen molar-refractivity contribution in [1.29, 1.82) is 0 Å². The number of aromatic carboxylic acids is 1. The molecule has 1 aliphatic heterocycles.